The van der Waals surface area contributed by atoms with Crippen LogP contribution >= 0.6 is 0 Å². The van der Waals surface area contributed by atoms with Crippen LogP contribution in [0.15, 0.2) is 115 Å². The molecule has 8 rings (SSSR count). The zero-order valence-corrected chi connectivity index (χ0v) is 35.2. The number of morpholine rings is 1. The number of imidazole rings is 1. The van der Waals surface area contributed by atoms with E-state index in [0.29, 0.717) is 61.9 Å². The third-order valence-electron chi connectivity index (χ3n) is 12.1. The van der Waals surface area contributed by atoms with Crippen molar-refractivity contribution >= 4 is 29.8 Å². The Labute approximate surface area is 366 Å². The average molecular weight is 853 g/mol. The van der Waals surface area contributed by atoms with Crippen LogP contribution in [0.2, 0.25) is 0 Å². The van der Waals surface area contributed by atoms with Gasteiger partial charge in [-0.05, 0) is 65.6 Å². The number of aromatic amines is 1. The fraction of sp³-hybridized carbons (Fsp3) is 0.333. The summed E-state index contributed by atoms with van der Waals surface area (Å²) in [6.07, 6.45) is 4.16. The van der Waals surface area contributed by atoms with Crippen LogP contribution in [-0.4, -0.2) is 114 Å². The Kier molecular flexibility index (Phi) is 13.4. The summed E-state index contributed by atoms with van der Waals surface area (Å²) in [6.45, 7) is 3.21. The van der Waals surface area contributed by atoms with Crippen LogP contribution in [0.25, 0.3) is 22.4 Å². The number of rotatable bonds is 12. The van der Waals surface area contributed by atoms with E-state index in [0.717, 1.165) is 48.1 Å². The monoisotopic (exact) mass is 852 g/mol. The van der Waals surface area contributed by atoms with Crippen LogP contribution in [0.4, 0.5) is 9.59 Å². The number of nitrogens with zero attached hydrogens (tertiary/aromatic N) is 4. The van der Waals surface area contributed by atoms with Crippen LogP contribution in [-0.2, 0) is 19.1 Å². The minimum atomic E-state index is -0.896. The predicted octanol–water partition coefficient (Wildman–Crippen LogP) is 6.01. The molecule has 0 unspecified atom stereocenters. The van der Waals surface area contributed by atoms with Gasteiger partial charge in [-0.3, -0.25) is 14.4 Å². The fourth-order valence-electron chi connectivity index (χ4n) is 8.63. The van der Waals surface area contributed by atoms with E-state index in [9.17, 15) is 24.0 Å². The highest BCUT2D eigenvalue weighted by molar-refractivity contribution is 5.95. The molecule has 63 heavy (non-hydrogen) atoms. The molecule has 1 aromatic heterocycles. The first-order chi connectivity index (χ1) is 30.8. The minimum Gasteiger partial charge on any atom is -0.453 e. The van der Waals surface area contributed by atoms with Gasteiger partial charge in [0.05, 0.1) is 38.3 Å². The van der Waals surface area contributed by atoms with Gasteiger partial charge in [0.15, 0.2) is 0 Å². The van der Waals surface area contributed by atoms with Crippen LogP contribution in [0.3, 0.4) is 0 Å². The standard InChI is InChI=1S/C48H52N8O7/c1-62-48(61)53-42(36-12-6-3-7-13-36)46(59)56-25-9-15-40(56)43-49-31-39(51-43)34-20-16-32(17-21-34)33-18-22-37(23-19-33)44(57)50-30-38-14-8-24-55(38)45(58)41(35-10-4-2-5-11-35)52-47(60)54-26-28-63-29-27-54/h2-7,10-13,16-23,31,38,40-42H,8-9,14-15,24-30H2,1H3,(H,49,51)(H,50,57)(H,52,60)(H,53,61)/t38-,40-,41+,42+/m0/s1. The second-order valence-corrected chi connectivity index (χ2v) is 15.9. The molecule has 6 amide bonds. The summed E-state index contributed by atoms with van der Waals surface area (Å²) in [7, 11) is 1.27. The third-order valence-corrected chi connectivity index (χ3v) is 12.1. The molecule has 0 bridgehead atoms. The van der Waals surface area contributed by atoms with Gasteiger partial charge in [0.1, 0.15) is 17.9 Å². The maximum Gasteiger partial charge on any atom is 0.407 e. The molecular formula is C48H52N8O7. The number of nitrogens with one attached hydrogen (secondary N) is 4. The molecule has 0 spiro atoms. The first-order valence-electron chi connectivity index (χ1n) is 21.5. The maximum absolute atomic E-state index is 14.1. The summed E-state index contributed by atoms with van der Waals surface area (Å²) in [4.78, 5) is 80.1. The van der Waals surface area contributed by atoms with Crippen molar-refractivity contribution in [3.8, 4) is 22.4 Å². The van der Waals surface area contributed by atoms with E-state index in [1.54, 1.807) is 45.2 Å². The first-order valence-corrected chi connectivity index (χ1v) is 21.5. The molecule has 0 saturated carbocycles. The van der Waals surface area contributed by atoms with Gasteiger partial charge < -0.3 is 45.1 Å². The van der Waals surface area contributed by atoms with E-state index in [4.69, 9.17) is 9.47 Å². The predicted molar refractivity (Wildman–Crippen MR) is 235 cm³/mol. The quantitative estimate of drug-likeness (QED) is 0.118. The molecule has 3 aliphatic heterocycles. The summed E-state index contributed by atoms with van der Waals surface area (Å²) in [5, 5.41) is 8.72. The van der Waals surface area contributed by atoms with Crippen LogP contribution in [0, 0.1) is 0 Å². The Bertz CT molecular complexity index is 2370. The number of amides is 6. The first kappa shape index (κ1) is 42.7. The Balaban J connectivity index is 0.873. The van der Waals surface area contributed by atoms with Gasteiger partial charge in [0.25, 0.3) is 11.8 Å². The van der Waals surface area contributed by atoms with Crippen molar-refractivity contribution in [2.45, 2.75) is 49.9 Å². The molecule has 4 aromatic carbocycles. The second kappa shape index (κ2) is 19.8. The summed E-state index contributed by atoms with van der Waals surface area (Å²) in [6, 6.07) is 31.3. The van der Waals surface area contributed by atoms with Crippen LogP contribution in [0.1, 0.15) is 71.1 Å². The normalized spacial score (nSPS) is 18.3. The smallest absolute Gasteiger partial charge is 0.407 e. The van der Waals surface area contributed by atoms with E-state index in [1.165, 1.54) is 7.11 Å². The number of carbonyl (C=O) groups excluding carboxylic acids is 5. The molecule has 4 N–H and O–H groups in total. The lowest BCUT2D eigenvalue weighted by Crippen LogP contribution is -2.52. The van der Waals surface area contributed by atoms with Crippen molar-refractivity contribution in [1.82, 2.24) is 40.6 Å². The molecule has 15 heteroatoms. The minimum absolute atomic E-state index is 0.195. The van der Waals surface area contributed by atoms with Crippen molar-refractivity contribution in [3.63, 3.8) is 0 Å². The molecular weight excluding hydrogens is 801 g/mol. The van der Waals surface area contributed by atoms with E-state index >= 15 is 0 Å². The number of carbonyl (C=O) groups is 5. The molecule has 0 radical (unpaired) electrons. The van der Waals surface area contributed by atoms with Gasteiger partial charge in [-0.15, -0.1) is 0 Å². The lowest BCUT2D eigenvalue weighted by Gasteiger charge is -2.32. The molecule has 4 atom stereocenters. The number of hydrogen-bond acceptors (Lipinski definition) is 8. The highest BCUT2D eigenvalue weighted by Crippen LogP contribution is 2.34. The number of H-pyrrole nitrogens is 1. The largest absolute Gasteiger partial charge is 0.453 e. The van der Waals surface area contributed by atoms with E-state index in [-0.39, 0.29) is 42.4 Å². The fourth-order valence-corrected chi connectivity index (χ4v) is 8.63. The van der Waals surface area contributed by atoms with E-state index in [1.807, 2.05) is 84.9 Å². The average Bonchev–Trinajstić information content (AvgIpc) is 4.14. The molecule has 0 aliphatic carbocycles. The van der Waals surface area contributed by atoms with E-state index < -0.39 is 18.2 Å². The topological polar surface area (TPSA) is 178 Å². The van der Waals surface area contributed by atoms with Crippen molar-refractivity contribution < 1.29 is 33.4 Å². The second-order valence-electron chi connectivity index (χ2n) is 15.9. The number of urea groups is 1. The van der Waals surface area contributed by atoms with Gasteiger partial charge in [-0.2, -0.15) is 0 Å². The number of alkyl carbamates (subject to hydrolysis) is 1. The van der Waals surface area contributed by atoms with Crippen molar-refractivity contribution in [1.29, 1.82) is 0 Å². The van der Waals surface area contributed by atoms with Gasteiger partial charge >= 0.3 is 12.1 Å². The highest BCUT2D eigenvalue weighted by atomic mass is 16.5. The summed E-state index contributed by atoms with van der Waals surface area (Å²) < 4.78 is 10.2. The van der Waals surface area contributed by atoms with Crippen molar-refractivity contribution in [2.24, 2.45) is 0 Å². The Morgan fingerprint density at radius 2 is 1.29 bits per heavy atom. The van der Waals surface area contributed by atoms with Gasteiger partial charge in [0, 0.05) is 44.3 Å². The molecule has 3 fully saturated rings. The Hall–Kier alpha value is -7.00. The van der Waals surface area contributed by atoms with Crippen LogP contribution in [0.5, 0.6) is 0 Å². The number of methoxy groups -OCH3 is 1. The molecule has 3 saturated heterocycles. The summed E-state index contributed by atoms with van der Waals surface area (Å²) >= 11 is 0. The maximum atomic E-state index is 14.1. The van der Waals surface area contributed by atoms with Gasteiger partial charge in [-0.1, -0.05) is 97.1 Å². The Morgan fingerprint density at radius 3 is 1.94 bits per heavy atom. The lowest BCUT2D eigenvalue weighted by molar-refractivity contribution is -0.135. The van der Waals surface area contributed by atoms with Gasteiger partial charge in [-0.25, -0.2) is 14.6 Å². The zero-order valence-electron chi connectivity index (χ0n) is 35.2. The zero-order chi connectivity index (χ0) is 43.7. The van der Waals surface area contributed by atoms with Gasteiger partial charge in [0.2, 0.25) is 5.91 Å². The Morgan fingerprint density at radius 1 is 0.714 bits per heavy atom. The number of hydrogen-bond donors (Lipinski definition) is 4. The molecule has 4 heterocycles. The third kappa shape index (κ3) is 9.89. The molecule has 15 nitrogen and oxygen atoms in total. The number of benzene rings is 4. The van der Waals surface area contributed by atoms with Crippen molar-refractivity contribution in [2.75, 3.05) is 53.0 Å². The summed E-state index contributed by atoms with van der Waals surface area (Å²) in [5.41, 5.74) is 5.52. The molecule has 326 valence electrons. The summed E-state index contributed by atoms with van der Waals surface area (Å²) in [5.74, 6) is 0.0196. The lowest BCUT2D eigenvalue weighted by atomic mass is 10.0. The number of aromatic nitrogens is 2. The molecule has 5 aromatic rings. The SMILES string of the molecule is COC(=O)N[C@@H](C(=O)N1CCC[C@H]1c1ncc(-c2ccc(-c3ccc(C(=O)NC[C@@H]4CCCN4C(=O)[C@H](NC(=O)N4CCOCC4)c4ccccc4)cc3)cc2)[nH]1)c1ccccc1. The molecule has 3 aliphatic rings. The van der Waals surface area contributed by atoms with E-state index in [2.05, 4.69) is 25.9 Å². The highest BCUT2D eigenvalue weighted by Gasteiger charge is 2.38. The number of ether oxygens (including phenoxy) is 2. The number of likely N-dealkylation sites (tertiary alicyclic amines) is 2. The van der Waals surface area contributed by atoms with Crippen LogP contribution < -0.4 is 16.0 Å². The van der Waals surface area contributed by atoms with Crippen molar-refractivity contribution in [3.05, 3.63) is 138 Å².